The maximum absolute atomic E-state index is 4.41. The maximum atomic E-state index is 4.41. The van der Waals surface area contributed by atoms with Crippen LogP contribution in [0.3, 0.4) is 0 Å². The zero-order valence-corrected chi connectivity index (χ0v) is 21.7. The van der Waals surface area contributed by atoms with E-state index in [-0.39, 0.29) is 39.0 Å². The normalized spacial score (nSPS) is 4.80. The van der Waals surface area contributed by atoms with Crippen LogP contribution in [0, 0.1) is 0 Å². The summed E-state index contributed by atoms with van der Waals surface area (Å²) in [5.41, 5.74) is 17.4. The Hall–Kier alpha value is 0.547. The Morgan fingerprint density at radius 1 is 0.700 bits per heavy atom. The molecule has 0 saturated heterocycles. The largest absolute Gasteiger partial charge is 2.00 e. The Balaban J connectivity index is -0.0000000214. The quantitative estimate of drug-likeness (QED) is 0.211. The first-order valence-electron chi connectivity index (χ1n) is 4.13. The molecule has 0 aliphatic carbocycles. The van der Waals surface area contributed by atoms with Gasteiger partial charge >= 0.3 is 39.0 Å². The van der Waals surface area contributed by atoms with Crippen LogP contribution in [-0.2, 0) is 39.0 Å². The number of hydrogen-bond donors (Lipinski definition) is 2. The van der Waals surface area contributed by atoms with Crippen molar-refractivity contribution in [3.63, 3.8) is 0 Å². The summed E-state index contributed by atoms with van der Waals surface area (Å²) in [6.45, 7) is 6.00. The molecule has 0 aromatic rings. The van der Waals surface area contributed by atoms with Crippen LogP contribution in [0.25, 0.3) is 0 Å². The van der Waals surface area contributed by atoms with E-state index in [4.69, 9.17) is 0 Å². The molecule has 108 valence electrons. The van der Waals surface area contributed by atoms with Crippen LogP contribution in [0.15, 0.2) is 13.2 Å². The number of rotatable bonds is 2. The minimum atomic E-state index is 0. The molecule has 20 heavy (non-hydrogen) atoms. The van der Waals surface area contributed by atoms with Crippen molar-refractivity contribution in [2.24, 2.45) is 11.5 Å². The van der Waals surface area contributed by atoms with Crippen LogP contribution in [-0.4, -0.2) is 60.0 Å². The van der Waals surface area contributed by atoms with Crippen molar-refractivity contribution in [2.75, 3.05) is 28.2 Å². The van der Waals surface area contributed by atoms with Gasteiger partial charge in [0, 0.05) is 0 Å². The molecule has 0 amide bonds. The van der Waals surface area contributed by atoms with Gasteiger partial charge in [0.2, 0.25) is 0 Å². The molecule has 0 fully saturated rings. The maximum Gasteiger partial charge on any atom is 2.00 e. The zero-order chi connectivity index (χ0) is 16.0. The molecule has 10 heteroatoms. The molecule has 0 bridgehead atoms. The van der Waals surface area contributed by atoms with Gasteiger partial charge in [0.1, 0.15) is 0 Å². The Labute approximate surface area is 171 Å². The second-order valence-electron chi connectivity index (χ2n) is 2.21. The molecule has 0 aromatic carbocycles. The summed E-state index contributed by atoms with van der Waals surface area (Å²) in [6, 6.07) is 0. The number of hydrogen-bond acceptors (Lipinski definition) is 4. The van der Waals surface area contributed by atoms with Crippen LogP contribution in [0.2, 0.25) is 0 Å². The van der Waals surface area contributed by atoms with Crippen molar-refractivity contribution < 1.29 is 39.0 Å². The topological polar surface area (TPSA) is 58.5 Å². The molecule has 0 rings (SSSR count). The molecule has 0 spiro atoms. The zero-order valence-electron chi connectivity index (χ0n) is 12.5. The molecule has 0 radical (unpaired) electrons. The van der Waals surface area contributed by atoms with Gasteiger partial charge in [-0.15, -0.1) is 13.2 Å². The van der Waals surface area contributed by atoms with E-state index >= 15 is 0 Å². The number of thiocarbonyl (C=S) groups is 4. The molecule has 4 nitrogen and oxygen atoms in total. The molecule has 0 heterocycles. The standard InChI is InChI=1S/2C3H6NS.C2H4.2CH2NS.2Zn/c2*1-4(2)3-5;1-2;2*2-1-3;;/h2*1-2H3;1-2H2;2*(H2,2,3);;/q2*-1;;2*-1;2*+2. The Morgan fingerprint density at radius 2 is 0.750 bits per heavy atom. The fourth-order valence-electron chi connectivity index (χ4n) is 0. The average Bonchev–Trinajstić information content (AvgIpc) is 2.34. The SMILES string of the molecule is C=C.CN(C)[C-]=S.CN(C)[C-]=S.N[C-]=S.N[C-]=S.[Zn+2].[Zn+2]. The van der Waals surface area contributed by atoms with Crippen molar-refractivity contribution in [3.8, 4) is 0 Å². The number of nitrogens with two attached hydrogens (primary N) is 2. The van der Waals surface area contributed by atoms with Gasteiger partial charge < -0.3 is 92.1 Å². The van der Waals surface area contributed by atoms with Crippen LogP contribution in [0.4, 0.5) is 0 Å². The van der Waals surface area contributed by atoms with Crippen LogP contribution in [0.1, 0.15) is 0 Å². The van der Waals surface area contributed by atoms with Crippen molar-refractivity contribution in [1.29, 1.82) is 0 Å². The van der Waals surface area contributed by atoms with E-state index in [0.717, 1.165) is 0 Å². The summed E-state index contributed by atoms with van der Waals surface area (Å²) in [5.74, 6) is 0. The van der Waals surface area contributed by atoms with Crippen molar-refractivity contribution >= 4 is 70.8 Å². The van der Waals surface area contributed by atoms with Crippen molar-refractivity contribution in [3.05, 3.63) is 13.2 Å². The van der Waals surface area contributed by atoms with Gasteiger partial charge in [0.25, 0.3) is 0 Å². The van der Waals surface area contributed by atoms with Crippen molar-refractivity contribution in [1.82, 2.24) is 9.80 Å². The first-order chi connectivity index (χ1) is 8.37. The van der Waals surface area contributed by atoms with Gasteiger partial charge in [0.05, 0.1) is 0 Å². The van der Waals surface area contributed by atoms with Crippen molar-refractivity contribution in [2.45, 2.75) is 0 Å². The summed E-state index contributed by atoms with van der Waals surface area (Å²) in [4.78, 5) is 3.38. The molecule has 0 aliphatic heterocycles. The fourth-order valence-corrected chi connectivity index (χ4v) is 0. The summed E-state index contributed by atoms with van der Waals surface area (Å²) in [7, 11) is 7.36. The van der Waals surface area contributed by atoms with E-state index in [1.165, 1.54) is 0 Å². The van der Waals surface area contributed by atoms with Gasteiger partial charge in [-0.3, -0.25) is 0 Å². The first kappa shape index (κ1) is 42.8. The van der Waals surface area contributed by atoms with Gasteiger partial charge in [-0.1, -0.05) is 0 Å². The molecule has 0 aromatic heterocycles. The molecule has 0 aliphatic rings. The Bertz CT molecular complexity index is 167. The summed E-state index contributed by atoms with van der Waals surface area (Å²) >= 11 is 16.5. The Kier molecular flexibility index (Phi) is 129. The molecule has 0 unspecified atom stereocenters. The third-order valence-corrected chi connectivity index (χ3v) is 1.10. The van der Waals surface area contributed by atoms with Gasteiger partial charge in [-0.25, -0.2) is 0 Å². The summed E-state index contributed by atoms with van der Waals surface area (Å²) in [6.07, 6.45) is 0. The van der Waals surface area contributed by atoms with Gasteiger partial charge in [-0.05, 0) is 28.2 Å². The summed E-state index contributed by atoms with van der Waals surface area (Å²) < 4.78 is 0. The van der Waals surface area contributed by atoms with E-state index in [1.807, 2.05) is 39.2 Å². The number of nitrogens with zero attached hydrogens (tertiary/aromatic N) is 2. The minimum Gasteiger partial charge on any atom is -0.570 e. The van der Waals surface area contributed by atoms with E-state index in [9.17, 15) is 0 Å². The molecule has 0 saturated carbocycles. The minimum absolute atomic E-state index is 0. The second-order valence-corrected chi connectivity index (χ2v) is 3.04. The predicted molar refractivity (Wildman–Crippen MR) is 97.4 cm³/mol. The smallest absolute Gasteiger partial charge is 0.570 e. The molecule has 4 N–H and O–H groups in total. The monoisotopic (exact) mass is 452 g/mol. The molecule has 0 atom stereocenters. The second kappa shape index (κ2) is 60.4. The molecular weight excluding hydrogens is 435 g/mol. The first-order valence-corrected chi connectivity index (χ1v) is 5.76. The Morgan fingerprint density at radius 3 is 0.750 bits per heavy atom. The van der Waals surface area contributed by atoms with Crippen LogP contribution in [0.5, 0.6) is 0 Å². The van der Waals surface area contributed by atoms with Gasteiger partial charge in [0.15, 0.2) is 0 Å². The molecular formula is C10H20N4S4Zn2. The average molecular weight is 455 g/mol. The van der Waals surface area contributed by atoms with E-state index in [0.29, 0.717) is 0 Å². The van der Waals surface area contributed by atoms with Gasteiger partial charge in [-0.2, -0.15) is 0 Å². The fraction of sp³-hybridized carbons (Fsp3) is 0.400. The van der Waals surface area contributed by atoms with Crippen LogP contribution < -0.4 is 11.5 Å². The van der Waals surface area contributed by atoms with Crippen LogP contribution >= 0.6 is 48.9 Å². The third kappa shape index (κ3) is 276. The summed E-state index contributed by atoms with van der Waals surface area (Å²) in [5, 5.41) is 0. The predicted octanol–water partition coefficient (Wildman–Crippen LogP) is 1.12. The van der Waals surface area contributed by atoms with E-state index in [1.54, 1.807) is 9.80 Å². The third-order valence-electron chi connectivity index (χ3n) is 0.365. The van der Waals surface area contributed by atoms with E-state index < -0.39 is 0 Å². The van der Waals surface area contributed by atoms with E-state index in [2.05, 4.69) is 84.5 Å².